The normalized spacial score (nSPS) is 15.4. The van der Waals surface area contributed by atoms with Gasteiger partial charge in [0.05, 0.1) is 5.52 Å². The number of nitrogens with zero attached hydrogens (tertiary/aromatic N) is 3. The molecule has 2 aromatic carbocycles. The van der Waals surface area contributed by atoms with Gasteiger partial charge in [0.15, 0.2) is 0 Å². The van der Waals surface area contributed by atoms with E-state index in [1.54, 1.807) is 43.6 Å². The van der Waals surface area contributed by atoms with Crippen molar-refractivity contribution in [3.63, 3.8) is 0 Å². The number of rotatable bonds is 4. The number of hydrogen-bond acceptors (Lipinski definition) is 5. The Balaban J connectivity index is 1.51. The average molecular weight is 410 g/mol. The van der Waals surface area contributed by atoms with Crippen LogP contribution in [-0.2, 0) is 10.0 Å². The lowest BCUT2D eigenvalue weighted by Gasteiger charge is -2.35. The molecule has 7 nitrogen and oxygen atoms in total. The molecule has 0 unspecified atom stereocenters. The van der Waals surface area contributed by atoms with Crippen LogP contribution < -0.4 is 10.2 Å². The third kappa shape index (κ3) is 3.68. The summed E-state index contributed by atoms with van der Waals surface area (Å²) < 4.78 is 28.0. The Labute approximate surface area is 170 Å². The van der Waals surface area contributed by atoms with E-state index in [9.17, 15) is 13.2 Å². The van der Waals surface area contributed by atoms with Gasteiger partial charge in [-0.2, -0.15) is 4.31 Å². The summed E-state index contributed by atoms with van der Waals surface area (Å²) in [5.41, 5.74) is 2.07. The summed E-state index contributed by atoms with van der Waals surface area (Å²) in [6, 6.07) is 16.2. The van der Waals surface area contributed by atoms with Crippen molar-refractivity contribution in [1.29, 1.82) is 0 Å². The Bertz CT molecular complexity index is 1130. The lowest BCUT2D eigenvalue weighted by Crippen LogP contribution is -2.48. The Hall–Kier alpha value is -2.97. The monoisotopic (exact) mass is 410 g/mol. The molecule has 0 spiro atoms. The molecule has 0 radical (unpaired) electrons. The SMILES string of the molecule is CNC(=O)c1ccc(N2CCN(S(=O)(=O)c3cccc4cccnc34)CC2)cc1. The summed E-state index contributed by atoms with van der Waals surface area (Å²) in [5, 5.41) is 3.41. The maximum absolute atomic E-state index is 13.2. The van der Waals surface area contributed by atoms with Gasteiger partial charge in [-0.1, -0.05) is 18.2 Å². The van der Waals surface area contributed by atoms with Crippen LogP contribution in [0.2, 0.25) is 0 Å². The van der Waals surface area contributed by atoms with Crippen LogP contribution in [0.3, 0.4) is 0 Å². The molecule has 2 heterocycles. The number of carbonyl (C=O) groups is 1. The lowest BCUT2D eigenvalue weighted by molar-refractivity contribution is 0.0963. The summed E-state index contributed by atoms with van der Waals surface area (Å²) in [6.07, 6.45) is 1.61. The predicted octanol–water partition coefficient (Wildman–Crippen LogP) is 2.11. The van der Waals surface area contributed by atoms with Crippen molar-refractivity contribution >= 4 is 32.5 Å². The number of amides is 1. The van der Waals surface area contributed by atoms with Gasteiger partial charge in [0.25, 0.3) is 5.91 Å². The molecule has 29 heavy (non-hydrogen) atoms. The fourth-order valence-corrected chi connectivity index (χ4v) is 5.17. The number of anilines is 1. The molecule has 1 aromatic heterocycles. The molecule has 1 fully saturated rings. The highest BCUT2D eigenvalue weighted by molar-refractivity contribution is 7.89. The van der Waals surface area contributed by atoms with Gasteiger partial charge in [-0.25, -0.2) is 8.42 Å². The van der Waals surface area contributed by atoms with Crippen LogP contribution in [0.1, 0.15) is 10.4 Å². The summed E-state index contributed by atoms with van der Waals surface area (Å²) in [6.45, 7) is 1.94. The van der Waals surface area contributed by atoms with E-state index in [1.807, 2.05) is 24.3 Å². The van der Waals surface area contributed by atoms with E-state index in [4.69, 9.17) is 0 Å². The molecule has 0 bridgehead atoms. The Morgan fingerprint density at radius 3 is 2.34 bits per heavy atom. The molecule has 1 aliphatic heterocycles. The van der Waals surface area contributed by atoms with Gasteiger partial charge in [0.1, 0.15) is 4.90 Å². The number of sulfonamides is 1. The van der Waals surface area contributed by atoms with Crippen LogP contribution in [0.15, 0.2) is 65.7 Å². The molecule has 0 aliphatic carbocycles. The van der Waals surface area contributed by atoms with Gasteiger partial charge in [-0.15, -0.1) is 0 Å². The van der Waals surface area contributed by atoms with Crippen LogP contribution in [0.4, 0.5) is 5.69 Å². The zero-order chi connectivity index (χ0) is 20.4. The first kappa shape index (κ1) is 19.4. The van der Waals surface area contributed by atoms with Crippen LogP contribution in [-0.4, -0.2) is 56.8 Å². The molecule has 1 amide bonds. The largest absolute Gasteiger partial charge is 0.369 e. The molecule has 0 saturated carbocycles. The highest BCUT2D eigenvalue weighted by Crippen LogP contribution is 2.26. The second-order valence-electron chi connectivity index (χ2n) is 6.85. The minimum atomic E-state index is -3.62. The first-order chi connectivity index (χ1) is 14.0. The molecule has 1 N–H and O–H groups in total. The fourth-order valence-electron chi connectivity index (χ4n) is 3.58. The molecular formula is C21H22N4O3S. The molecule has 8 heteroatoms. The van der Waals surface area contributed by atoms with Crippen molar-refractivity contribution in [3.8, 4) is 0 Å². The number of hydrogen-bond donors (Lipinski definition) is 1. The van der Waals surface area contributed by atoms with Crippen LogP contribution in [0, 0.1) is 0 Å². The third-order valence-corrected chi connectivity index (χ3v) is 7.10. The summed E-state index contributed by atoms with van der Waals surface area (Å²) in [5.74, 6) is -0.129. The minimum absolute atomic E-state index is 0.129. The van der Waals surface area contributed by atoms with Gasteiger partial charge < -0.3 is 10.2 Å². The molecule has 150 valence electrons. The van der Waals surface area contributed by atoms with Crippen LogP contribution in [0.5, 0.6) is 0 Å². The van der Waals surface area contributed by atoms with E-state index in [-0.39, 0.29) is 10.8 Å². The summed E-state index contributed by atoms with van der Waals surface area (Å²) in [7, 11) is -2.03. The Morgan fingerprint density at radius 2 is 1.66 bits per heavy atom. The highest BCUT2D eigenvalue weighted by atomic mass is 32.2. The quantitative estimate of drug-likeness (QED) is 0.712. The van der Waals surface area contributed by atoms with Crippen LogP contribution >= 0.6 is 0 Å². The Kier molecular flexibility index (Phi) is 5.21. The van der Waals surface area contributed by atoms with E-state index < -0.39 is 10.0 Å². The zero-order valence-corrected chi connectivity index (χ0v) is 16.9. The van der Waals surface area contributed by atoms with Crippen molar-refractivity contribution in [3.05, 3.63) is 66.4 Å². The van der Waals surface area contributed by atoms with Crippen molar-refractivity contribution in [2.45, 2.75) is 4.90 Å². The minimum Gasteiger partial charge on any atom is -0.369 e. The van der Waals surface area contributed by atoms with E-state index in [0.29, 0.717) is 37.3 Å². The maximum Gasteiger partial charge on any atom is 0.251 e. The number of pyridine rings is 1. The first-order valence-corrected chi connectivity index (χ1v) is 10.9. The first-order valence-electron chi connectivity index (χ1n) is 9.42. The number of fused-ring (bicyclic) bond motifs is 1. The molecular weight excluding hydrogens is 388 g/mol. The maximum atomic E-state index is 13.2. The second kappa shape index (κ2) is 7.81. The topological polar surface area (TPSA) is 82.6 Å². The fraction of sp³-hybridized carbons (Fsp3) is 0.238. The van der Waals surface area contributed by atoms with Crippen molar-refractivity contribution < 1.29 is 13.2 Å². The van der Waals surface area contributed by atoms with Crippen LogP contribution in [0.25, 0.3) is 10.9 Å². The van der Waals surface area contributed by atoms with Gasteiger partial charge in [0, 0.05) is 56.1 Å². The van der Waals surface area contributed by atoms with E-state index in [0.717, 1.165) is 11.1 Å². The predicted molar refractivity (Wildman–Crippen MR) is 113 cm³/mol. The van der Waals surface area contributed by atoms with Crippen molar-refractivity contribution in [1.82, 2.24) is 14.6 Å². The summed E-state index contributed by atoms with van der Waals surface area (Å²) >= 11 is 0. The number of benzene rings is 2. The van der Waals surface area contributed by atoms with Gasteiger partial charge in [-0.05, 0) is 36.4 Å². The van der Waals surface area contributed by atoms with E-state index in [2.05, 4.69) is 15.2 Å². The zero-order valence-electron chi connectivity index (χ0n) is 16.1. The number of carbonyl (C=O) groups excluding carboxylic acids is 1. The number of aromatic nitrogens is 1. The smallest absolute Gasteiger partial charge is 0.251 e. The standard InChI is InChI=1S/C21H22N4O3S/c1-22-21(26)17-7-9-18(10-8-17)24-12-14-25(15-13-24)29(27,28)19-6-2-4-16-5-3-11-23-20(16)19/h2-11H,12-15H2,1H3,(H,22,26). The number of nitrogens with one attached hydrogen (secondary N) is 1. The van der Waals surface area contributed by atoms with E-state index in [1.165, 1.54) is 4.31 Å². The van der Waals surface area contributed by atoms with E-state index >= 15 is 0 Å². The van der Waals surface area contributed by atoms with Gasteiger partial charge >= 0.3 is 0 Å². The summed E-state index contributed by atoms with van der Waals surface area (Å²) in [4.78, 5) is 18.3. The second-order valence-corrected chi connectivity index (χ2v) is 8.75. The van der Waals surface area contributed by atoms with Crippen molar-refractivity contribution in [2.24, 2.45) is 0 Å². The number of para-hydroxylation sites is 1. The molecule has 0 atom stereocenters. The number of piperazine rings is 1. The third-order valence-electron chi connectivity index (χ3n) is 5.17. The average Bonchev–Trinajstić information content (AvgIpc) is 2.78. The molecule has 4 rings (SSSR count). The van der Waals surface area contributed by atoms with Gasteiger partial charge in [0.2, 0.25) is 10.0 Å². The Morgan fingerprint density at radius 1 is 0.966 bits per heavy atom. The molecule has 3 aromatic rings. The lowest BCUT2D eigenvalue weighted by atomic mass is 10.1. The highest BCUT2D eigenvalue weighted by Gasteiger charge is 2.30. The molecule has 1 saturated heterocycles. The van der Waals surface area contributed by atoms with Gasteiger partial charge in [-0.3, -0.25) is 9.78 Å². The molecule has 1 aliphatic rings. The van der Waals surface area contributed by atoms with Crippen molar-refractivity contribution in [2.75, 3.05) is 38.1 Å².